The van der Waals surface area contributed by atoms with Crippen LogP contribution in [0.4, 0.5) is 5.69 Å². The number of amides is 1. The molecule has 8 heteroatoms. The molecule has 0 fully saturated rings. The number of nitrogens with zero attached hydrogens (tertiary/aromatic N) is 1. The van der Waals surface area contributed by atoms with Crippen LogP contribution in [0.1, 0.15) is 52.7 Å². The predicted molar refractivity (Wildman–Crippen MR) is 126 cm³/mol. The van der Waals surface area contributed by atoms with E-state index in [1.165, 1.54) is 0 Å². The highest BCUT2D eigenvalue weighted by Crippen LogP contribution is 2.34. The minimum atomic E-state index is -0.717. The van der Waals surface area contributed by atoms with E-state index >= 15 is 0 Å². The molecule has 3 aromatic rings. The number of esters is 1. The predicted octanol–water partition coefficient (Wildman–Crippen LogP) is 3.38. The fourth-order valence-electron chi connectivity index (χ4n) is 3.46. The number of benzene rings is 2. The Morgan fingerprint density at radius 1 is 1.15 bits per heavy atom. The van der Waals surface area contributed by atoms with Crippen LogP contribution in [0.3, 0.4) is 0 Å². The zero-order chi connectivity index (χ0) is 24.2. The first-order chi connectivity index (χ1) is 15.7. The molecule has 0 aliphatic carbocycles. The lowest BCUT2D eigenvalue weighted by Gasteiger charge is -2.27. The fraction of sp³-hybridized carbons (Fsp3) is 0.320. The maximum atomic E-state index is 12.6. The molecule has 1 heterocycles. The third kappa shape index (κ3) is 5.40. The molecule has 1 amide bonds. The van der Waals surface area contributed by atoms with Crippen molar-refractivity contribution < 1.29 is 24.2 Å². The molecule has 4 N–H and O–H groups in total. The van der Waals surface area contributed by atoms with E-state index in [1.807, 2.05) is 13.8 Å². The molecule has 174 valence electrons. The Balaban J connectivity index is 1.82. The topological polar surface area (TPSA) is 124 Å². The Morgan fingerprint density at radius 3 is 2.48 bits per heavy atom. The third-order valence-electron chi connectivity index (χ3n) is 5.11. The lowest BCUT2D eigenvalue weighted by molar-refractivity contribution is 0.0526. The SMILES string of the molecule is CCOC(=O)c1c(C)nc2cccc(OCC(C)(C)NC(=O)c3ccc(CO)cc3)c2c1N. The van der Waals surface area contributed by atoms with E-state index in [2.05, 4.69) is 10.3 Å². The van der Waals surface area contributed by atoms with Gasteiger partial charge in [-0.05, 0) is 57.5 Å². The molecule has 0 unspecified atom stereocenters. The Hall–Kier alpha value is -3.65. The standard InChI is InChI=1S/C25H29N3O5/c1-5-32-24(31)20-15(2)27-18-7-6-8-19(21(18)22(20)26)33-14-25(3,4)28-23(30)17-11-9-16(13-29)10-12-17/h6-12,29H,5,13-14H2,1-4H3,(H2,26,27)(H,28,30). The number of fused-ring (bicyclic) bond motifs is 1. The van der Waals surface area contributed by atoms with Gasteiger partial charge in [-0.15, -0.1) is 0 Å². The summed E-state index contributed by atoms with van der Waals surface area (Å²) >= 11 is 0. The number of anilines is 1. The van der Waals surface area contributed by atoms with Gasteiger partial charge in [-0.25, -0.2) is 4.79 Å². The largest absolute Gasteiger partial charge is 0.490 e. The van der Waals surface area contributed by atoms with Gasteiger partial charge in [-0.3, -0.25) is 9.78 Å². The lowest BCUT2D eigenvalue weighted by atomic mass is 10.0. The first-order valence-corrected chi connectivity index (χ1v) is 10.7. The second kappa shape index (κ2) is 9.87. The molecule has 1 aromatic heterocycles. The van der Waals surface area contributed by atoms with Crippen LogP contribution in [0, 0.1) is 6.92 Å². The molecule has 0 radical (unpaired) electrons. The van der Waals surface area contributed by atoms with E-state index in [0.29, 0.717) is 27.9 Å². The van der Waals surface area contributed by atoms with Crippen molar-refractivity contribution in [2.24, 2.45) is 0 Å². The van der Waals surface area contributed by atoms with Crippen LogP contribution in [0.5, 0.6) is 5.75 Å². The van der Waals surface area contributed by atoms with E-state index in [-0.39, 0.29) is 37.0 Å². The van der Waals surface area contributed by atoms with Crippen molar-refractivity contribution in [3.63, 3.8) is 0 Å². The van der Waals surface area contributed by atoms with Crippen LogP contribution in [0.2, 0.25) is 0 Å². The first-order valence-electron chi connectivity index (χ1n) is 10.7. The van der Waals surface area contributed by atoms with Crippen LogP contribution in [0.15, 0.2) is 42.5 Å². The van der Waals surface area contributed by atoms with Crippen molar-refractivity contribution in [2.45, 2.75) is 39.8 Å². The second-order valence-electron chi connectivity index (χ2n) is 8.34. The number of hydrogen-bond acceptors (Lipinski definition) is 7. The molecular weight excluding hydrogens is 422 g/mol. The Bertz CT molecular complexity index is 1170. The van der Waals surface area contributed by atoms with Gasteiger partial charge < -0.3 is 25.6 Å². The highest BCUT2D eigenvalue weighted by molar-refractivity contribution is 6.07. The van der Waals surface area contributed by atoms with Gasteiger partial charge in [-0.1, -0.05) is 18.2 Å². The number of ether oxygens (including phenoxy) is 2. The summed E-state index contributed by atoms with van der Waals surface area (Å²) in [4.78, 5) is 29.6. The summed E-state index contributed by atoms with van der Waals surface area (Å²) in [5.74, 6) is -0.332. The molecule has 8 nitrogen and oxygen atoms in total. The highest BCUT2D eigenvalue weighted by atomic mass is 16.5. The number of aryl methyl sites for hydroxylation is 1. The van der Waals surface area contributed by atoms with Gasteiger partial charge >= 0.3 is 5.97 Å². The summed E-state index contributed by atoms with van der Waals surface area (Å²) in [5.41, 5.74) is 8.41. The zero-order valence-corrected chi connectivity index (χ0v) is 19.3. The Kier molecular flexibility index (Phi) is 7.18. The van der Waals surface area contributed by atoms with Gasteiger partial charge in [-0.2, -0.15) is 0 Å². The first kappa shape index (κ1) is 24.0. The van der Waals surface area contributed by atoms with Gasteiger partial charge in [0.05, 0.1) is 41.0 Å². The van der Waals surface area contributed by atoms with Gasteiger partial charge in [0.15, 0.2) is 0 Å². The molecule has 0 atom stereocenters. The van der Waals surface area contributed by atoms with E-state index in [9.17, 15) is 9.59 Å². The third-order valence-corrected chi connectivity index (χ3v) is 5.11. The van der Waals surface area contributed by atoms with Crippen molar-refractivity contribution >= 4 is 28.5 Å². The summed E-state index contributed by atoms with van der Waals surface area (Å²) in [6.07, 6.45) is 0. The smallest absolute Gasteiger partial charge is 0.342 e. The van der Waals surface area contributed by atoms with E-state index < -0.39 is 11.5 Å². The molecule has 0 saturated heterocycles. The van der Waals surface area contributed by atoms with Gasteiger partial charge in [0.2, 0.25) is 0 Å². The van der Waals surface area contributed by atoms with Gasteiger partial charge in [0.1, 0.15) is 17.9 Å². The average molecular weight is 452 g/mol. The van der Waals surface area contributed by atoms with E-state index in [0.717, 1.165) is 5.56 Å². The molecule has 0 saturated carbocycles. The van der Waals surface area contributed by atoms with Crippen LogP contribution in [0.25, 0.3) is 10.9 Å². The summed E-state index contributed by atoms with van der Waals surface area (Å²) in [5, 5.41) is 12.6. The number of nitrogen functional groups attached to an aromatic ring is 1. The van der Waals surface area contributed by atoms with Gasteiger partial charge in [0, 0.05) is 5.56 Å². The number of hydrogen-bond donors (Lipinski definition) is 3. The number of carbonyl (C=O) groups excluding carboxylic acids is 2. The molecule has 2 aromatic carbocycles. The van der Waals surface area contributed by atoms with Crippen molar-refractivity contribution in [3.05, 3.63) is 64.8 Å². The minimum absolute atomic E-state index is 0.0817. The maximum absolute atomic E-state index is 12.6. The maximum Gasteiger partial charge on any atom is 0.342 e. The number of rotatable bonds is 8. The summed E-state index contributed by atoms with van der Waals surface area (Å²) < 4.78 is 11.2. The monoisotopic (exact) mass is 451 g/mol. The number of pyridine rings is 1. The van der Waals surface area contributed by atoms with Crippen LogP contribution in [-0.4, -0.2) is 40.7 Å². The number of aliphatic hydroxyl groups is 1. The van der Waals surface area contributed by atoms with Crippen LogP contribution < -0.4 is 15.8 Å². The lowest BCUT2D eigenvalue weighted by Crippen LogP contribution is -2.47. The number of nitrogens with one attached hydrogen (secondary N) is 1. The molecule has 0 spiro atoms. The molecule has 3 rings (SSSR count). The van der Waals surface area contributed by atoms with Crippen LogP contribution >= 0.6 is 0 Å². The molecule has 0 bridgehead atoms. The molecule has 0 aliphatic rings. The van der Waals surface area contributed by atoms with Crippen molar-refractivity contribution in [2.75, 3.05) is 18.9 Å². The minimum Gasteiger partial charge on any atom is -0.490 e. The number of nitrogens with two attached hydrogens (primary N) is 1. The summed E-state index contributed by atoms with van der Waals surface area (Å²) in [6, 6.07) is 12.1. The second-order valence-corrected chi connectivity index (χ2v) is 8.34. The fourth-order valence-corrected chi connectivity index (χ4v) is 3.46. The van der Waals surface area contributed by atoms with E-state index in [1.54, 1.807) is 56.3 Å². The number of carbonyl (C=O) groups is 2. The van der Waals surface area contributed by atoms with E-state index in [4.69, 9.17) is 20.3 Å². The van der Waals surface area contributed by atoms with Gasteiger partial charge in [0.25, 0.3) is 5.91 Å². The molecular formula is C25H29N3O5. The highest BCUT2D eigenvalue weighted by Gasteiger charge is 2.24. The number of aromatic nitrogens is 1. The summed E-state index contributed by atoms with van der Waals surface area (Å²) in [6.45, 7) is 7.41. The van der Waals surface area contributed by atoms with Crippen molar-refractivity contribution in [1.29, 1.82) is 0 Å². The zero-order valence-electron chi connectivity index (χ0n) is 19.3. The molecule has 33 heavy (non-hydrogen) atoms. The quantitative estimate of drug-likeness (QED) is 0.449. The summed E-state index contributed by atoms with van der Waals surface area (Å²) in [7, 11) is 0. The van der Waals surface area contributed by atoms with Crippen molar-refractivity contribution in [1.82, 2.24) is 10.3 Å². The van der Waals surface area contributed by atoms with Crippen molar-refractivity contribution in [3.8, 4) is 5.75 Å². The Morgan fingerprint density at radius 2 is 1.85 bits per heavy atom. The molecule has 0 aliphatic heterocycles. The van der Waals surface area contributed by atoms with Crippen LogP contribution in [-0.2, 0) is 11.3 Å². The Labute approximate surface area is 192 Å². The normalized spacial score (nSPS) is 11.3. The average Bonchev–Trinajstić information content (AvgIpc) is 2.77. The number of aliphatic hydroxyl groups excluding tert-OH is 1.